The first-order valence-corrected chi connectivity index (χ1v) is 4.85. The Morgan fingerprint density at radius 3 is 2.44 bits per heavy atom. The average Bonchev–Trinajstić information content (AvgIpc) is 2.35. The van der Waals surface area contributed by atoms with Crippen molar-refractivity contribution in [1.29, 1.82) is 0 Å². The first kappa shape index (κ1) is 12.6. The van der Waals surface area contributed by atoms with Crippen molar-refractivity contribution >= 4 is 0 Å². The van der Waals surface area contributed by atoms with Crippen LogP contribution in [0.25, 0.3) is 0 Å². The number of ether oxygens (including phenoxy) is 3. The summed E-state index contributed by atoms with van der Waals surface area (Å²) in [6.45, 7) is -0.292. The topological polar surface area (TPSA) is 68.2 Å². The molecule has 90 valence electrons. The molecular formula is C11H16O5. The highest BCUT2D eigenvalue weighted by atomic mass is 16.5. The third-order valence-corrected chi connectivity index (χ3v) is 2.01. The number of rotatable bonds is 6. The van der Waals surface area contributed by atoms with Crippen LogP contribution in [0.15, 0.2) is 18.2 Å². The molecule has 5 heteroatoms. The fraction of sp³-hybridized carbons (Fsp3) is 0.455. The van der Waals surface area contributed by atoms with Gasteiger partial charge in [-0.25, -0.2) is 0 Å². The van der Waals surface area contributed by atoms with Gasteiger partial charge in [-0.3, -0.25) is 0 Å². The molecule has 1 atom stereocenters. The number of aliphatic hydroxyl groups excluding tert-OH is 2. The minimum atomic E-state index is -0.881. The van der Waals surface area contributed by atoms with E-state index in [2.05, 4.69) is 0 Å². The van der Waals surface area contributed by atoms with Gasteiger partial charge in [-0.2, -0.15) is 0 Å². The summed E-state index contributed by atoms with van der Waals surface area (Å²) in [5, 5.41) is 17.7. The average molecular weight is 228 g/mol. The molecule has 16 heavy (non-hydrogen) atoms. The highest BCUT2D eigenvalue weighted by Crippen LogP contribution is 2.30. The van der Waals surface area contributed by atoms with E-state index in [0.29, 0.717) is 17.2 Å². The van der Waals surface area contributed by atoms with Crippen molar-refractivity contribution in [3.8, 4) is 17.2 Å². The van der Waals surface area contributed by atoms with Gasteiger partial charge in [0.25, 0.3) is 0 Å². The van der Waals surface area contributed by atoms with Crippen LogP contribution >= 0.6 is 0 Å². The molecule has 1 aromatic rings. The second-order valence-electron chi connectivity index (χ2n) is 3.16. The second-order valence-corrected chi connectivity index (χ2v) is 3.16. The highest BCUT2D eigenvalue weighted by molar-refractivity contribution is 5.45. The van der Waals surface area contributed by atoms with Crippen molar-refractivity contribution in [2.45, 2.75) is 6.10 Å². The van der Waals surface area contributed by atoms with E-state index in [4.69, 9.17) is 24.4 Å². The third-order valence-electron chi connectivity index (χ3n) is 2.01. The Labute approximate surface area is 94.2 Å². The van der Waals surface area contributed by atoms with Gasteiger partial charge < -0.3 is 24.4 Å². The van der Waals surface area contributed by atoms with Crippen LogP contribution in [0.4, 0.5) is 0 Å². The fourth-order valence-electron chi connectivity index (χ4n) is 1.15. The molecule has 0 aliphatic carbocycles. The lowest BCUT2D eigenvalue weighted by Gasteiger charge is -2.12. The Morgan fingerprint density at radius 2 is 1.88 bits per heavy atom. The second kappa shape index (κ2) is 6.19. The Balaban J connectivity index is 2.67. The van der Waals surface area contributed by atoms with Gasteiger partial charge in [-0.15, -0.1) is 0 Å². The van der Waals surface area contributed by atoms with Crippen LogP contribution in [-0.2, 0) is 0 Å². The number of aliphatic hydroxyl groups is 2. The van der Waals surface area contributed by atoms with Crippen molar-refractivity contribution in [2.75, 3.05) is 27.4 Å². The molecule has 0 aliphatic rings. The smallest absolute Gasteiger partial charge is 0.164 e. The standard InChI is InChI=1S/C11H16O5/c1-14-10-4-3-9(5-11(10)15-2)16-7-8(13)6-12/h3-5,8,12-13H,6-7H2,1-2H3. The van der Waals surface area contributed by atoms with Crippen molar-refractivity contribution in [1.82, 2.24) is 0 Å². The summed E-state index contributed by atoms with van der Waals surface area (Å²) in [6.07, 6.45) is -0.881. The van der Waals surface area contributed by atoms with Gasteiger partial charge in [0.2, 0.25) is 0 Å². The van der Waals surface area contributed by atoms with Crippen molar-refractivity contribution in [2.24, 2.45) is 0 Å². The minimum absolute atomic E-state index is 0.0337. The van der Waals surface area contributed by atoms with E-state index in [1.54, 1.807) is 25.3 Å². The Morgan fingerprint density at radius 1 is 1.19 bits per heavy atom. The molecule has 0 amide bonds. The molecule has 1 aromatic carbocycles. The summed E-state index contributed by atoms with van der Waals surface area (Å²) < 4.78 is 15.4. The van der Waals surface area contributed by atoms with Gasteiger partial charge in [-0.1, -0.05) is 0 Å². The fourth-order valence-corrected chi connectivity index (χ4v) is 1.15. The van der Waals surface area contributed by atoms with Crippen molar-refractivity contribution < 1.29 is 24.4 Å². The summed E-state index contributed by atoms with van der Waals surface area (Å²) >= 11 is 0. The maximum absolute atomic E-state index is 9.12. The lowest BCUT2D eigenvalue weighted by Crippen LogP contribution is -2.21. The summed E-state index contributed by atoms with van der Waals surface area (Å²) in [7, 11) is 3.08. The van der Waals surface area contributed by atoms with E-state index in [-0.39, 0.29) is 13.2 Å². The molecule has 0 spiro atoms. The zero-order chi connectivity index (χ0) is 12.0. The van der Waals surface area contributed by atoms with Crippen molar-refractivity contribution in [3.63, 3.8) is 0 Å². The van der Waals surface area contributed by atoms with Gasteiger partial charge in [0, 0.05) is 6.07 Å². The van der Waals surface area contributed by atoms with E-state index < -0.39 is 6.10 Å². The van der Waals surface area contributed by atoms with Gasteiger partial charge >= 0.3 is 0 Å². The highest BCUT2D eigenvalue weighted by Gasteiger charge is 2.07. The lowest BCUT2D eigenvalue weighted by atomic mass is 10.3. The van der Waals surface area contributed by atoms with E-state index in [1.807, 2.05) is 0 Å². The molecule has 0 bridgehead atoms. The number of hydrogen-bond acceptors (Lipinski definition) is 5. The first-order chi connectivity index (χ1) is 7.71. The van der Waals surface area contributed by atoms with Crippen LogP contribution in [0.3, 0.4) is 0 Å². The molecule has 5 nitrogen and oxygen atoms in total. The quantitative estimate of drug-likeness (QED) is 0.739. The minimum Gasteiger partial charge on any atom is -0.493 e. The van der Waals surface area contributed by atoms with E-state index in [0.717, 1.165) is 0 Å². The predicted molar refractivity (Wildman–Crippen MR) is 58.1 cm³/mol. The molecular weight excluding hydrogens is 212 g/mol. The van der Waals surface area contributed by atoms with Gasteiger partial charge in [-0.05, 0) is 12.1 Å². The van der Waals surface area contributed by atoms with Crippen LogP contribution in [0.1, 0.15) is 0 Å². The number of methoxy groups -OCH3 is 2. The Hall–Kier alpha value is -1.46. The molecule has 2 N–H and O–H groups in total. The molecule has 0 saturated heterocycles. The van der Waals surface area contributed by atoms with E-state index in [1.165, 1.54) is 7.11 Å². The molecule has 0 aliphatic heterocycles. The van der Waals surface area contributed by atoms with Crippen LogP contribution in [0.5, 0.6) is 17.2 Å². The zero-order valence-corrected chi connectivity index (χ0v) is 9.34. The molecule has 0 fully saturated rings. The van der Waals surface area contributed by atoms with Crippen molar-refractivity contribution in [3.05, 3.63) is 18.2 Å². The van der Waals surface area contributed by atoms with Gasteiger partial charge in [0.05, 0.1) is 20.8 Å². The van der Waals surface area contributed by atoms with Crippen LogP contribution in [0, 0.1) is 0 Å². The monoisotopic (exact) mass is 228 g/mol. The molecule has 0 saturated carbocycles. The lowest BCUT2D eigenvalue weighted by molar-refractivity contribution is 0.0535. The van der Waals surface area contributed by atoms with Gasteiger partial charge in [0.15, 0.2) is 11.5 Å². The summed E-state index contributed by atoms with van der Waals surface area (Å²) in [6, 6.07) is 5.06. The summed E-state index contributed by atoms with van der Waals surface area (Å²) in [5.74, 6) is 1.71. The SMILES string of the molecule is COc1ccc(OCC(O)CO)cc1OC. The number of benzene rings is 1. The summed E-state index contributed by atoms with van der Waals surface area (Å²) in [5.41, 5.74) is 0. The predicted octanol–water partition coefficient (Wildman–Crippen LogP) is 0.436. The maximum Gasteiger partial charge on any atom is 0.164 e. The maximum atomic E-state index is 9.12. The normalized spacial score (nSPS) is 12.0. The van der Waals surface area contributed by atoms with E-state index >= 15 is 0 Å². The van der Waals surface area contributed by atoms with Crippen LogP contribution in [0.2, 0.25) is 0 Å². The third kappa shape index (κ3) is 3.29. The Kier molecular flexibility index (Phi) is 4.88. The van der Waals surface area contributed by atoms with E-state index in [9.17, 15) is 0 Å². The molecule has 1 unspecified atom stereocenters. The molecule has 0 aromatic heterocycles. The first-order valence-electron chi connectivity index (χ1n) is 4.85. The summed E-state index contributed by atoms with van der Waals surface area (Å²) in [4.78, 5) is 0. The number of hydrogen-bond donors (Lipinski definition) is 2. The van der Waals surface area contributed by atoms with Gasteiger partial charge in [0.1, 0.15) is 18.5 Å². The largest absolute Gasteiger partial charge is 0.493 e. The molecule has 1 rings (SSSR count). The molecule has 0 radical (unpaired) electrons. The van der Waals surface area contributed by atoms with Crippen LogP contribution < -0.4 is 14.2 Å². The molecule has 0 heterocycles. The zero-order valence-electron chi connectivity index (χ0n) is 9.34. The van der Waals surface area contributed by atoms with Crippen LogP contribution in [-0.4, -0.2) is 43.8 Å². The Bertz CT molecular complexity index is 326.